The number of Topliss-reactive ketones (excluding diaryl/α,β-unsaturated/α-hetero) is 1. The molecule has 3 aromatic rings. The molecule has 0 bridgehead atoms. The summed E-state index contributed by atoms with van der Waals surface area (Å²) in [7, 11) is 0. The first-order valence-electron chi connectivity index (χ1n) is 8.08. The van der Waals surface area contributed by atoms with Crippen molar-refractivity contribution in [2.45, 2.75) is 25.7 Å². The Kier molecular flexibility index (Phi) is 3.68. The number of aromatic nitrogens is 5. The van der Waals surface area contributed by atoms with Gasteiger partial charge in [0.2, 0.25) is 5.65 Å². The molecule has 0 unspecified atom stereocenters. The van der Waals surface area contributed by atoms with Gasteiger partial charge < -0.3 is 15.3 Å². The number of amides is 1. The summed E-state index contributed by atoms with van der Waals surface area (Å²) in [6.45, 7) is 0.337. The Morgan fingerprint density at radius 3 is 3.00 bits per heavy atom. The van der Waals surface area contributed by atoms with E-state index in [1.165, 1.54) is 6.20 Å². The molecule has 4 rings (SSSR count). The molecule has 0 spiro atoms. The molecule has 3 N–H and O–H groups in total. The average Bonchev–Trinajstić information content (AvgIpc) is 3.21. The van der Waals surface area contributed by atoms with Crippen LogP contribution in [0, 0.1) is 0 Å². The second-order valence-electron chi connectivity index (χ2n) is 5.96. The lowest BCUT2D eigenvalue weighted by Gasteiger charge is -2.08. The van der Waals surface area contributed by atoms with Gasteiger partial charge in [-0.05, 0) is 18.9 Å². The summed E-state index contributed by atoms with van der Waals surface area (Å²) < 4.78 is 1.59. The molecule has 128 valence electrons. The van der Waals surface area contributed by atoms with Crippen molar-refractivity contribution >= 4 is 17.3 Å². The van der Waals surface area contributed by atoms with Crippen molar-refractivity contribution in [2.24, 2.45) is 0 Å². The Labute approximate surface area is 141 Å². The first kappa shape index (κ1) is 15.3. The first-order chi connectivity index (χ1) is 12.1. The summed E-state index contributed by atoms with van der Waals surface area (Å²) in [4.78, 5) is 41.3. The zero-order valence-electron chi connectivity index (χ0n) is 13.3. The molecule has 0 saturated heterocycles. The topological polar surface area (TPSA) is 125 Å². The number of hydrogen-bond donors (Lipinski definition) is 3. The maximum absolute atomic E-state index is 12.3. The molecule has 0 aromatic carbocycles. The third-order valence-electron chi connectivity index (χ3n) is 4.32. The number of ketones is 1. The molecule has 0 radical (unpaired) electrons. The van der Waals surface area contributed by atoms with E-state index < -0.39 is 0 Å². The van der Waals surface area contributed by atoms with Crippen LogP contribution in [0.1, 0.15) is 45.2 Å². The van der Waals surface area contributed by atoms with Gasteiger partial charge in [0.25, 0.3) is 11.5 Å². The van der Waals surface area contributed by atoms with Crippen LogP contribution in [-0.2, 0) is 12.8 Å². The fourth-order valence-electron chi connectivity index (χ4n) is 3.07. The predicted molar refractivity (Wildman–Crippen MR) is 87.7 cm³/mol. The number of nitrogens with one attached hydrogen (secondary N) is 3. The Hall–Kier alpha value is -3.23. The number of rotatable bonds is 4. The van der Waals surface area contributed by atoms with E-state index in [1.54, 1.807) is 16.7 Å². The lowest BCUT2D eigenvalue weighted by molar-refractivity contribution is 0.0948. The highest BCUT2D eigenvalue weighted by atomic mass is 16.2. The van der Waals surface area contributed by atoms with Gasteiger partial charge in [0.05, 0.1) is 0 Å². The van der Waals surface area contributed by atoms with E-state index in [2.05, 4.69) is 25.5 Å². The molecule has 0 saturated carbocycles. The molecule has 0 atom stereocenters. The zero-order chi connectivity index (χ0) is 17.4. The van der Waals surface area contributed by atoms with Crippen LogP contribution in [0.25, 0.3) is 5.65 Å². The maximum Gasteiger partial charge on any atom is 0.293 e. The molecule has 9 heteroatoms. The highest BCUT2D eigenvalue weighted by molar-refractivity contribution is 6.02. The summed E-state index contributed by atoms with van der Waals surface area (Å²) in [5, 5.41) is 10.6. The molecule has 0 fully saturated rings. The number of fused-ring (bicyclic) bond motifs is 2. The minimum Gasteiger partial charge on any atom is -0.354 e. The van der Waals surface area contributed by atoms with E-state index in [0.29, 0.717) is 36.5 Å². The Balaban J connectivity index is 1.43. The van der Waals surface area contributed by atoms with Gasteiger partial charge in [0.1, 0.15) is 11.5 Å². The minimum absolute atomic E-state index is 0.0803. The van der Waals surface area contributed by atoms with Gasteiger partial charge in [-0.1, -0.05) is 0 Å². The minimum atomic E-state index is -0.313. The van der Waals surface area contributed by atoms with E-state index in [9.17, 15) is 14.4 Å². The van der Waals surface area contributed by atoms with Crippen LogP contribution in [-0.4, -0.2) is 42.8 Å². The quantitative estimate of drug-likeness (QED) is 0.627. The number of nitrogens with zero attached hydrogens (tertiary/aromatic N) is 3. The van der Waals surface area contributed by atoms with Gasteiger partial charge in [0.15, 0.2) is 5.78 Å². The number of aromatic amines is 2. The van der Waals surface area contributed by atoms with Gasteiger partial charge in [-0.25, -0.2) is 0 Å². The molecule has 9 nitrogen and oxygen atoms in total. The van der Waals surface area contributed by atoms with Crippen LogP contribution in [0.2, 0.25) is 0 Å². The van der Waals surface area contributed by atoms with Crippen molar-refractivity contribution in [2.75, 3.05) is 6.54 Å². The third-order valence-corrected chi connectivity index (χ3v) is 4.32. The van der Waals surface area contributed by atoms with Crippen LogP contribution < -0.4 is 10.9 Å². The molecule has 0 aliphatic heterocycles. The maximum atomic E-state index is 12.3. The fraction of sp³-hybridized carbons (Fsp3) is 0.312. The second-order valence-corrected chi connectivity index (χ2v) is 5.96. The SMILES string of the molecule is O=C(NCCc1nnc2c(=O)[nH]ccn12)c1cc2c([nH]1)CCCC2=O. The largest absolute Gasteiger partial charge is 0.354 e. The Morgan fingerprint density at radius 2 is 2.16 bits per heavy atom. The summed E-state index contributed by atoms with van der Waals surface area (Å²) in [6, 6.07) is 1.62. The van der Waals surface area contributed by atoms with Crippen LogP contribution >= 0.6 is 0 Å². The summed E-state index contributed by atoms with van der Waals surface area (Å²) in [6.07, 6.45) is 5.74. The van der Waals surface area contributed by atoms with Crippen LogP contribution in [0.5, 0.6) is 0 Å². The summed E-state index contributed by atoms with van der Waals surface area (Å²) >= 11 is 0. The molecule has 25 heavy (non-hydrogen) atoms. The Morgan fingerprint density at radius 1 is 1.28 bits per heavy atom. The zero-order valence-corrected chi connectivity index (χ0v) is 13.3. The van der Waals surface area contributed by atoms with Crippen molar-refractivity contribution in [1.82, 2.24) is 29.9 Å². The van der Waals surface area contributed by atoms with Gasteiger partial charge >= 0.3 is 0 Å². The monoisotopic (exact) mass is 340 g/mol. The average molecular weight is 340 g/mol. The van der Waals surface area contributed by atoms with E-state index in [-0.39, 0.29) is 22.9 Å². The molecule has 1 aliphatic carbocycles. The lowest BCUT2D eigenvalue weighted by atomic mass is 9.97. The molecule has 1 aliphatic rings. The Bertz CT molecular complexity index is 1030. The number of H-pyrrole nitrogens is 2. The van der Waals surface area contributed by atoms with E-state index in [0.717, 1.165) is 18.5 Å². The molecular weight excluding hydrogens is 324 g/mol. The highest BCUT2D eigenvalue weighted by Gasteiger charge is 2.22. The smallest absolute Gasteiger partial charge is 0.293 e. The lowest BCUT2D eigenvalue weighted by Crippen LogP contribution is -2.26. The van der Waals surface area contributed by atoms with E-state index >= 15 is 0 Å². The van der Waals surface area contributed by atoms with E-state index in [1.807, 2.05) is 0 Å². The van der Waals surface area contributed by atoms with Gasteiger partial charge in [-0.2, -0.15) is 0 Å². The van der Waals surface area contributed by atoms with Crippen molar-refractivity contribution in [1.29, 1.82) is 0 Å². The predicted octanol–water partition coefficient (Wildman–Crippen LogP) is 0.237. The van der Waals surface area contributed by atoms with Gasteiger partial charge in [-0.15, -0.1) is 10.2 Å². The third kappa shape index (κ3) is 2.73. The van der Waals surface area contributed by atoms with E-state index in [4.69, 9.17) is 0 Å². The summed E-state index contributed by atoms with van der Waals surface area (Å²) in [5.41, 5.74) is 1.76. The van der Waals surface area contributed by atoms with Crippen LogP contribution in [0.3, 0.4) is 0 Å². The molecule has 1 amide bonds. The molecule has 3 heterocycles. The highest BCUT2D eigenvalue weighted by Crippen LogP contribution is 2.21. The first-order valence-corrected chi connectivity index (χ1v) is 8.08. The number of carbonyl (C=O) groups is 2. The van der Waals surface area contributed by atoms with Gasteiger partial charge in [-0.3, -0.25) is 18.8 Å². The number of aryl methyl sites for hydroxylation is 1. The van der Waals surface area contributed by atoms with Crippen molar-refractivity contribution < 1.29 is 9.59 Å². The second kappa shape index (κ2) is 6.00. The fourth-order valence-corrected chi connectivity index (χ4v) is 3.07. The van der Waals surface area contributed by atoms with Crippen molar-refractivity contribution in [3.8, 4) is 0 Å². The van der Waals surface area contributed by atoms with Crippen LogP contribution in [0.15, 0.2) is 23.3 Å². The van der Waals surface area contributed by atoms with Crippen molar-refractivity contribution in [3.05, 3.63) is 51.6 Å². The normalized spacial score (nSPS) is 13.8. The summed E-state index contributed by atoms with van der Waals surface area (Å²) in [5.74, 6) is 0.396. The molecule has 3 aromatic heterocycles. The standard InChI is InChI=1S/C16H16N6O3/c23-12-3-1-2-10-9(12)8-11(19-10)15(24)17-5-4-13-20-21-14-16(25)18-6-7-22(13)14/h6-8,19H,1-5H2,(H,17,24)(H,18,25). The number of hydrogen-bond acceptors (Lipinski definition) is 5. The van der Waals surface area contributed by atoms with Crippen LogP contribution in [0.4, 0.5) is 0 Å². The molecular formula is C16H16N6O3. The number of carbonyl (C=O) groups excluding carboxylic acids is 2. The van der Waals surface area contributed by atoms with Gasteiger partial charge in [0, 0.05) is 43.0 Å². The van der Waals surface area contributed by atoms with Crippen molar-refractivity contribution in [3.63, 3.8) is 0 Å².